The molecular weight excluding hydrogens is 422 g/mol. The van der Waals surface area contributed by atoms with E-state index >= 15 is 0 Å². The van der Waals surface area contributed by atoms with Crippen LogP contribution in [0.5, 0.6) is 0 Å². The van der Waals surface area contributed by atoms with Crippen LogP contribution in [0.1, 0.15) is 31.4 Å². The van der Waals surface area contributed by atoms with Gasteiger partial charge in [-0.2, -0.15) is 0 Å². The summed E-state index contributed by atoms with van der Waals surface area (Å²) in [5, 5.41) is 15.4. The van der Waals surface area contributed by atoms with Gasteiger partial charge in [0.25, 0.3) is 0 Å². The van der Waals surface area contributed by atoms with E-state index in [1.807, 2.05) is 50.2 Å². The zero-order valence-corrected chi connectivity index (χ0v) is 18.6. The molecule has 0 bridgehead atoms. The number of nitrogens with one attached hydrogen (secondary N) is 1. The molecule has 1 atom stereocenters. The average molecular weight is 446 g/mol. The largest absolute Gasteiger partial charge is 0.548 e. The highest BCUT2D eigenvalue weighted by Gasteiger charge is 2.20. The molecule has 0 unspecified atom stereocenters. The molecule has 33 heavy (non-hydrogen) atoms. The number of carbonyl (C=O) groups is 2. The van der Waals surface area contributed by atoms with E-state index in [2.05, 4.69) is 5.32 Å². The van der Waals surface area contributed by atoms with E-state index in [1.165, 1.54) is 0 Å². The van der Waals surface area contributed by atoms with Crippen LogP contribution in [0.3, 0.4) is 0 Å². The summed E-state index contributed by atoms with van der Waals surface area (Å²) >= 11 is 0. The van der Waals surface area contributed by atoms with Crippen LogP contribution in [0, 0.1) is 12.8 Å². The fourth-order valence-electron chi connectivity index (χ4n) is 4.05. The van der Waals surface area contributed by atoms with Crippen molar-refractivity contribution in [2.75, 3.05) is 0 Å². The van der Waals surface area contributed by atoms with E-state index in [4.69, 9.17) is 8.83 Å². The van der Waals surface area contributed by atoms with Gasteiger partial charge in [-0.15, -0.1) is 0 Å². The van der Waals surface area contributed by atoms with E-state index in [0.717, 1.165) is 16.5 Å². The lowest BCUT2D eigenvalue weighted by molar-refractivity contribution is -0.308. The van der Waals surface area contributed by atoms with Crippen molar-refractivity contribution in [2.45, 2.75) is 39.7 Å². The summed E-state index contributed by atoms with van der Waals surface area (Å²) in [6, 6.07) is 12.2. The summed E-state index contributed by atoms with van der Waals surface area (Å²) in [4.78, 5) is 36.6. The van der Waals surface area contributed by atoms with Crippen molar-refractivity contribution in [3.8, 4) is 11.1 Å². The zero-order valence-electron chi connectivity index (χ0n) is 18.6. The summed E-state index contributed by atoms with van der Waals surface area (Å²) < 4.78 is 11.2. The maximum atomic E-state index is 12.6. The van der Waals surface area contributed by atoms with Gasteiger partial charge in [-0.05, 0) is 36.5 Å². The smallest absolute Gasteiger partial charge is 0.340 e. The van der Waals surface area contributed by atoms with Crippen molar-refractivity contribution >= 4 is 33.8 Å². The summed E-state index contributed by atoms with van der Waals surface area (Å²) in [5.41, 5.74) is 2.98. The molecule has 7 heteroatoms. The van der Waals surface area contributed by atoms with Gasteiger partial charge in [-0.1, -0.05) is 44.2 Å². The predicted octanol–water partition coefficient (Wildman–Crippen LogP) is 3.34. The number of aryl methyl sites for hydroxylation is 1. The Kier molecular flexibility index (Phi) is 6.05. The number of furan rings is 1. The molecule has 0 radical (unpaired) electrons. The Morgan fingerprint density at radius 1 is 1.06 bits per heavy atom. The van der Waals surface area contributed by atoms with Crippen LogP contribution >= 0.6 is 0 Å². The van der Waals surface area contributed by atoms with Crippen molar-refractivity contribution in [1.29, 1.82) is 0 Å². The van der Waals surface area contributed by atoms with Crippen LogP contribution in [0.25, 0.3) is 33.1 Å². The van der Waals surface area contributed by atoms with Gasteiger partial charge in [0.2, 0.25) is 5.91 Å². The molecule has 7 nitrogen and oxygen atoms in total. The second-order valence-electron chi connectivity index (χ2n) is 8.60. The molecule has 1 amide bonds. The predicted molar refractivity (Wildman–Crippen MR) is 123 cm³/mol. The molecule has 0 aliphatic carbocycles. The lowest BCUT2D eigenvalue weighted by Crippen LogP contribution is -2.49. The first-order chi connectivity index (χ1) is 15.7. The zero-order chi connectivity index (χ0) is 23.7. The first-order valence-corrected chi connectivity index (χ1v) is 10.8. The second-order valence-corrected chi connectivity index (χ2v) is 8.60. The summed E-state index contributed by atoms with van der Waals surface area (Å²) in [6.07, 6.45) is 1.61. The SMILES string of the molecule is Cc1c(CC(=O)N[C@@H](CC(C)C)C(=O)[O-])c(=O)oc2cc3occ(-c4ccccc4)c3cc12. The lowest BCUT2D eigenvalue weighted by atomic mass is 9.99. The molecular formula is C26H24NO6-. The normalized spacial score (nSPS) is 12.4. The number of hydrogen-bond acceptors (Lipinski definition) is 6. The van der Waals surface area contributed by atoms with Gasteiger partial charge in [0.1, 0.15) is 11.2 Å². The second kappa shape index (κ2) is 8.94. The topological polar surface area (TPSA) is 113 Å². The number of carbonyl (C=O) groups excluding carboxylic acids is 2. The standard InChI is InChI=1S/C26H25NO6/c1-14(2)9-21(25(29)30)27-24(28)11-18-15(3)17-10-19-20(16-7-5-4-6-8-16)13-32-22(19)12-23(17)33-26(18)31/h4-8,10,12-14,21H,9,11H2,1-3H3,(H,27,28)(H,29,30)/p-1/t21-/m0/s1. The third-order valence-corrected chi connectivity index (χ3v) is 5.73. The molecule has 0 spiro atoms. The first kappa shape index (κ1) is 22.3. The number of aliphatic carboxylic acids is 1. The average Bonchev–Trinajstić information content (AvgIpc) is 3.18. The Bertz CT molecular complexity index is 1400. The third kappa shape index (κ3) is 4.53. The van der Waals surface area contributed by atoms with Gasteiger partial charge in [-0.3, -0.25) is 4.79 Å². The molecule has 0 saturated carbocycles. The van der Waals surface area contributed by atoms with Crippen molar-refractivity contribution < 1.29 is 23.5 Å². The molecule has 4 aromatic rings. The molecule has 4 rings (SSSR count). The number of amides is 1. The van der Waals surface area contributed by atoms with Crippen LogP contribution in [-0.2, 0) is 16.0 Å². The Labute approximate surface area is 190 Å². The number of fused-ring (bicyclic) bond motifs is 2. The fraction of sp³-hybridized carbons (Fsp3) is 0.269. The molecule has 0 saturated heterocycles. The van der Waals surface area contributed by atoms with Crippen LogP contribution in [-0.4, -0.2) is 17.9 Å². The number of hydrogen-bond donors (Lipinski definition) is 1. The minimum absolute atomic E-state index is 0.0526. The van der Waals surface area contributed by atoms with Gasteiger partial charge < -0.3 is 24.1 Å². The number of benzene rings is 2. The van der Waals surface area contributed by atoms with E-state index in [0.29, 0.717) is 22.1 Å². The van der Waals surface area contributed by atoms with Crippen LogP contribution in [0.4, 0.5) is 0 Å². The maximum absolute atomic E-state index is 12.6. The van der Waals surface area contributed by atoms with Gasteiger partial charge in [0.15, 0.2) is 0 Å². The Morgan fingerprint density at radius 3 is 2.45 bits per heavy atom. The Hall–Kier alpha value is -3.87. The van der Waals surface area contributed by atoms with Crippen LogP contribution in [0.2, 0.25) is 0 Å². The molecule has 2 aromatic heterocycles. The Morgan fingerprint density at radius 2 is 1.79 bits per heavy atom. The van der Waals surface area contributed by atoms with Gasteiger partial charge in [0, 0.05) is 22.4 Å². The Balaban J connectivity index is 1.72. The molecule has 2 heterocycles. The van der Waals surface area contributed by atoms with Crippen molar-refractivity contribution in [3.63, 3.8) is 0 Å². The highest BCUT2D eigenvalue weighted by atomic mass is 16.4. The number of carboxylic acids is 1. The van der Waals surface area contributed by atoms with Crippen molar-refractivity contribution in [1.82, 2.24) is 5.32 Å². The lowest BCUT2D eigenvalue weighted by Gasteiger charge is -2.21. The minimum atomic E-state index is -1.35. The highest BCUT2D eigenvalue weighted by molar-refractivity contribution is 6.02. The molecule has 2 aromatic carbocycles. The molecule has 0 fully saturated rings. The van der Waals surface area contributed by atoms with Gasteiger partial charge >= 0.3 is 5.63 Å². The molecule has 0 aliphatic heterocycles. The third-order valence-electron chi connectivity index (χ3n) is 5.73. The summed E-state index contributed by atoms with van der Waals surface area (Å²) in [5.74, 6) is -1.87. The van der Waals surface area contributed by atoms with E-state index in [9.17, 15) is 19.5 Å². The highest BCUT2D eigenvalue weighted by Crippen LogP contribution is 2.34. The van der Waals surface area contributed by atoms with E-state index in [-0.39, 0.29) is 24.3 Å². The van der Waals surface area contributed by atoms with Crippen molar-refractivity contribution in [3.05, 3.63) is 70.3 Å². The summed E-state index contributed by atoms with van der Waals surface area (Å²) in [6.45, 7) is 5.45. The minimum Gasteiger partial charge on any atom is -0.548 e. The number of carboxylic acid groups (broad SMARTS) is 1. The van der Waals surface area contributed by atoms with Crippen LogP contribution in [0.15, 0.2) is 62.4 Å². The van der Waals surface area contributed by atoms with Gasteiger partial charge in [-0.25, -0.2) is 4.79 Å². The van der Waals surface area contributed by atoms with Gasteiger partial charge in [0.05, 0.1) is 30.3 Å². The molecule has 0 aliphatic rings. The van der Waals surface area contributed by atoms with Crippen LogP contribution < -0.4 is 16.0 Å². The first-order valence-electron chi connectivity index (χ1n) is 10.8. The fourth-order valence-corrected chi connectivity index (χ4v) is 4.05. The van der Waals surface area contributed by atoms with Crippen molar-refractivity contribution in [2.24, 2.45) is 5.92 Å². The van der Waals surface area contributed by atoms with E-state index in [1.54, 1.807) is 19.3 Å². The summed E-state index contributed by atoms with van der Waals surface area (Å²) in [7, 11) is 0. The monoisotopic (exact) mass is 446 g/mol. The molecule has 170 valence electrons. The quantitative estimate of drug-likeness (QED) is 0.436. The molecule has 1 N–H and O–H groups in total. The van der Waals surface area contributed by atoms with E-state index < -0.39 is 23.5 Å². The maximum Gasteiger partial charge on any atom is 0.340 e. The number of rotatable bonds is 7.